The van der Waals surface area contributed by atoms with Gasteiger partial charge in [-0.1, -0.05) is 66.2 Å². The first-order valence-corrected chi connectivity index (χ1v) is 13.6. The zero-order valence-corrected chi connectivity index (χ0v) is 21.0. The molecule has 5 rings (SSSR count). The Kier molecular flexibility index (Phi) is 6.76. The van der Waals surface area contributed by atoms with Crippen molar-refractivity contribution in [1.82, 2.24) is 9.80 Å². The second kappa shape index (κ2) is 10.1. The average Bonchev–Trinajstić information content (AvgIpc) is 2.90. The van der Waals surface area contributed by atoms with Crippen LogP contribution >= 0.6 is 0 Å². The van der Waals surface area contributed by atoms with E-state index in [1.165, 1.54) is 28.5 Å². The largest absolute Gasteiger partial charge is 0.336 e. The number of nitrogens with zero attached hydrogens (tertiary/aromatic N) is 2. The Balaban J connectivity index is 1.24. The number of amides is 1. The summed E-state index contributed by atoms with van der Waals surface area (Å²) in [6.07, 6.45) is 0. The standard InChI is InChI=1S/C29H29N3O3S/c1-22-12-14-26(15-13-22)30-36(34,35)27-10-5-8-24(20-27)29(33)32-18-16-31(17-19-32)21-25-9-4-7-23-6-2-3-11-28(23)25/h2-15,20,30H,16-19,21H2,1H3. The number of nitrogens with one attached hydrogen (secondary N) is 1. The van der Waals surface area contributed by atoms with Crippen molar-refractivity contribution in [2.24, 2.45) is 0 Å². The van der Waals surface area contributed by atoms with E-state index in [-0.39, 0.29) is 10.8 Å². The highest BCUT2D eigenvalue weighted by atomic mass is 32.2. The van der Waals surface area contributed by atoms with Gasteiger partial charge in [0.25, 0.3) is 15.9 Å². The monoisotopic (exact) mass is 499 g/mol. The van der Waals surface area contributed by atoms with Gasteiger partial charge in [-0.3, -0.25) is 14.4 Å². The zero-order chi connectivity index (χ0) is 25.1. The number of aryl methyl sites for hydroxylation is 1. The molecule has 0 saturated carbocycles. The van der Waals surface area contributed by atoms with Crippen molar-refractivity contribution >= 4 is 32.4 Å². The van der Waals surface area contributed by atoms with Gasteiger partial charge in [0.2, 0.25) is 0 Å². The maximum absolute atomic E-state index is 13.2. The molecule has 36 heavy (non-hydrogen) atoms. The van der Waals surface area contributed by atoms with Gasteiger partial charge in [-0.25, -0.2) is 8.42 Å². The number of sulfonamides is 1. The lowest BCUT2D eigenvalue weighted by Crippen LogP contribution is -2.48. The van der Waals surface area contributed by atoms with Crippen molar-refractivity contribution in [3.05, 3.63) is 108 Å². The molecule has 1 saturated heterocycles. The van der Waals surface area contributed by atoms with Gasteiger partial charge in [0, 0.05) is 44.0 Å². The summed E-state index contributed by atoms with van der Waals surface area (Å²) in [7, 11) is -3.80. The summed E-state index contributed by atoms with van der Waals surface area (Å²) in [4.78, 5) is 17.4. The van der Waals surface area contributed by atoms with Crippen LogP contribution in [0.2, 0.25) is 0 Å². The Morgan fingerprint density at radius 1 is 0.833 bits per heavy atom. The van der Waals surface area contributed by atoms with E-state index < -0.39 is 10.0 Å². The number of anilines is 1. The van der Waals surface area contributed by atoms with Gasteiger partial charge in [0.15, 0.2) is 0 Å². The Morgan fingerprint density at radius 3 is 2.31 bits per heavy atom. The van der Waals surface area contributed by atoms with Crippen LogP contribution in [-0.4, -0.2) is 50.3 Å². The normalized spacial score (nSPS) is 14.6. The fourth-order valence-corrected chi connectivity index (χ4v) is 5.70. The van der Waals surface area contributed by atoms with Crippen LogP contribution in [0.25, 0.3) is 10.8 Å². The zero-order valence-electron chi connectivity index (χ0n) is 20.2. The third kappa shape index (κ3) is 5.27. The van der Waals surface area contributed by atoms with Crippen LogP contribution in [0.4, 0.5) is 5.69 Å². The summed E-state index contributed by atoms with van der Waals surface area (Å²) in [5.41, 5.74) is 3.19. The summed E-state index contributed by atoms with van der Waals surface area (Å²) in [5.74, 6) is -0.146. The summed E-state index contributed by atoms with van der Waals surface area (Å²) in [6.45, 7) is 5.51. The van der Waals surface area contributed by atoms with Gasteiger partial charge in [0.05, 0.1) is 4.90 Å². The SMILES string of the molecule is Cc1ccc(NS(=O)(=O)c2cccc(C(=O)N3CCN(Cc4cccc5ccccc45)CC3)c2)cc1. The molecule has 1 aliphatic rings. The number of fused-ring (bicyclic) bond motifs is 1. The third-order valence-electron chi connectivity index (χ3n) is 6.63. The average molecular weight is 500 g/mol. The van der Waals surface area contributed by atoms with E-state index in [1.807, 2.05) is 19.1 Å². The van der Waals surface area contributed by atoms with E-state index in [1.54, 1.807) is 29.2 Å². The molecule has 0 spiro atoms. The summed E-state index contributed by atoms with van der Waals surface area (Å²) >= 11 is 0. The number of piperazine rings is 1. The molecule has 1 aliphatic heterocycles. The van der Waals surface area contributed by atoms with Crippen LogP contribution in [0.5, 0.6) is 0 Å². The molecule has 1 N–H and O–H groups in total. The van der Waals surface area contributed by atoms with E-state index in [2.05, 4.69) is 52.1 Å². The molecule has 1 amide bonds. The second-order valence-corrected chi connectivity index (χ2v) is 10.9. The molecule has 1 heterocycles. The Bertz CT molecular complexity index is 1490. The van der Waals surface area contributed by atoms with Crippen LogP contribution in [-0.2, 0) is 16.6 Å². The lowest BCUT2D eigenvalue weighted by Gasteiger charge is -2.35. The molecule has 0 bridgehead atoms. The predicted octanol–water partition coefficient (Wildman–Crippen LogP) is 4.91. The number of benzene rings is 4. The minimum absolute atomic E-state index is 0.0727. The van der Waals surface area contributed by atoms with Gasteiger partial charge < -0.3 is 4.90 Å². The van der Waals surface area contributed by atoms with E-state index >= 15 is 0 Å². The van der Waals surface area contributed by atoms with E-state index in [4.69, 9.17) is 0 Å². The van der Waals surface area contributed by atoms with Gasteiger partial charge in [-0.15, -0.1) is 0 Å². The van der Waals surface area contributed by atoms with Crippen molar-refractivity contribution in [1.29, 1.82) is 0 Å². The second-order valence-electron chi connectivity index (χ2n) is 9.21. The maximum Gasteiger partial charge on any atom is 0.261 e. The Morgan fingerprint density at radius 2 is 1.53 bits per heavy atom. The number of hydrogen-bond donors (Lipinski definition) is 1. The van der Waals surface area contributed by atoms with Crippen LogP contribution in [0.3, 0.4) is 0 Å². The molecule has 0 unspecified atom stereocenters. The number of carbonyl (C=O) groups is 1. The first kappa shape index (κ1) is 24.0. The van der Waals surface area contributed by atoms with Gasteiger partial charge in [-0.2, -0.15) is 0 Å². The van der Waals surface area contributed by atoms with Gasteiger partial charge in [0.1, 0.15) is 0 Å². The summed E-state index contributed by atoms with van der Waals surface area (Å²) < 4.78 is 28.4. The quantitative estimate of drug-likeness (QED) is 0.409. The molecule has 0 aliphatic carbocycles. The smallest absolute Gasteiger partial charge is 0.261 e. The molecule has 7 heteroatoms. The highest BCUT2D eigenvalue weighted by molar-refractivity contribution is 7.92. The predicted molar refractivity (Wildman–Crippen MR) is 144 cm³/mol. The first-order chi connectivity index (χ1) is 17.4. The highest BCUT2D eigenvalue weighted by Gasteiger charge is 2.24. The fourth-order valence-electron chi connectivity index (χ4n) is 4.59. The van der Waals surface area contributed by atoms with Crippen molar-refractivity contribution in [3.63, 3.8) is 0 Å². The molecular formula is C29H29N3O3S. The molecule has 0 aromatic heterocycles. The van der Waals surface area contributed by atoms with E-state index in [0.717, 1.165) is 25.2 Å². The Labute approximate surface area is 212 Å². The fraction of sp³-hybridized carbons (Fsp3) is 0.207. The van der Waals surface area contributed by atoms with Crippen molar-refractivity contribution in [2.45, 2.75) is 18.4 Å². The summed E-state index contributed by atoms with van der Waals surface area (Å²) in [6, 6.07) is 28.2. The molecule has 184 valence electrons. The number of rotatable bonds is 6. The first-order valence-electron chi connectivity index (χ1n) is 12.1. The topological polar surface area (TPSA) is 69.7 Å². The summed E-state index contributed by atoms with van der Waals surface area (Å²) in [5, 5.41) is 2.49. The van der Waals surface area contributed by atoms with Crippen LogP contribution in [0, 0.1) is 6.92 Å². The molecule has 4 aromatic rings. The van der Waals surface area contributed by atoms with Gasteiger partial charge in [-0.05, 0) is 53.6 Å². The lowest BCUT2D eigenvalue weighted by atomic mass is 10.0. The van der Waals surface area contributed by atoms with E-state index in [0.29, 0.717) is 24.3 Å². The molecule has 6 nitrogen and oxygen atoms in total. The molecule has 4 aromatic carbocycles. The maximum atomic E-state index is 13.2. The lowest BCUT2D eigenvalue weighted by molar-refractivity contribution is 0.0628. The highest BCUT2D eigenvalue weighted by Crippen LogP contribution is 2.22. The molecular weight excluding hydrogens is 470 g/mol. The van der Waals surface area contributed by atoms with Crippen LogP contribution in [0.1, 0.15) is 21.5 Å². The van der Waals surface area contributed by atoms with Crippen molar-refractivity contribution in [2.75, 3.05) is 30.9 Å². The number of carbonyl (C=O) groups excluding carboxylic acids is 1. The Hall–Kier alpha value is -3.68. The number of hydrogen-bond acceptors (Lipinski definition) is 4. The van der Waals surface area contributed by atoms with Crippen LogP contribution in [0.15, 0.2) is 95.9 Å². The minimum Gasteiger partial charge on any atom is -0.336 e. The molecule has 0 radical (unpaired) electrons. The minimum atomic E-state index is -3.80. The molecule has 0 atom stereocenters. The molecule has 1 fully saturated rings. The van der Waals surface area contributed by atoms with Gasteiger partial charge >= 0.3 is 0 Å². The van der Waals surface area contributed by atoms with Crippen LogP contribution < -0.4 is 4.72 Å². The van der Waals surface area contributed by atoms with Crippen molar-refractivity contribution in [3.8, 4) is 0 Å². The van der Waals surface area contributed by atoms with Crippen molar-refractivity contribution < 1.29 is 13.2 Å². The van der Waals surface area contributed by atoms with E-state index in [9.17, 15) is 13.2 Å². The third-order valence-corrected chi connectivity index (χ3v) is 8.01.